The lowest BCUT2D eigenvalue weighted by molar-refractivity contribution is -0.887. The smallest absolute Gasteiger partial charge is 0.362 e. The zero-order valence-electron chi connectivity index (χ0n) is 38.2. The van der Waals surface area contributed by atoms with Crippen LogP contribution in [0.3, 0.4) is 0 Å². The number of nitrogens with zero attached hydrogens (tertiary/aromatic N) is 1. The molecule has 2 atom stereocenters. The fraction of sp³-hybridized carbons (Fsp3) is 0.667. The minimum absolute atomic E-state index is 0.0471. The van der Waals surface area contributed by atoms with Crippen LogP contribution in [0.15, 0.2) is 85.1 Å². The molecule has 59 heavy (non-hydrogen) atoms. The molecule has 2 unspecified atom stereocenters. The second kappa shape index (κ2) is 41.3. The molecule has 1 N–H and O–H groups in total. The Kier molecular flexibility index (Phi) is 38.8. The first kappa shape index (κ1) is 55.5. The van der Waals surface area contributed by atoms with E-state index in [1.165, 1.54) is 19.3 Å². The number of quaternary nitrogens is 1. The molecule has 0 fully saturated rings. The van der Waals surface area contributed by atoms with Crippen molar-refractivity contribution >= 4 is 17.9 Å². The average molecular weight is 825 g/mol. The van der Waals surface area contributed by atoms with Crippen molar-refractivity contribution in [2.24, 2.45) is 0 Å². The van der Waals surface area contributed by atoms with Crippen LogP contribution in [-0.2, 0) is 28.6 Å². The molecule has 0 bridgehead atoms. The number of allylic oxidation sites excluding steroid dienone is 14. The van der Waals surface area contributed by atoms with Gasteiger partial charge in [-0.15, -0.1) is 0 Å². The van der Waals surface area contributed by atoms with E-state index in [1.54, 1.807) is 0 Å². The molecule has 0 radical (unpaired) electrons. The molecule has 0 amide bonds. The lowest BCUT2D eigenvalue weighted by atomic mass is 10.1. The van der Waals surface area contributed by atoms with Crippen molar-refractivity contribution < 1.29 is 38.2 Å². The zero-order chi connectivity index (χ0) is 43.5. The van der Waals surface area contributed by atoms with Crippen LogP contribution in [0.25, 0.3) is 0 Å². The predicted molar refractivity (Wildman–Crippen MR) is 247 cm³/mol. The van der Waals surface area contributed by atoms with Gasteiger partial charge in [-0.1, -0.05) is 150 Å². The molecule has 0 aromatic carbocycles. The second-order valence-electron chi connectivity index (χ2n) is 16.2. The molecule has 0 aromatic rings. The summed E-state index contributed by atoms with van der Waals surface area (Å²) in [7, 11) is 5.51. The summed E-state index contributed by atoms with van der Waals surface area (Å²) < 4.78 is 17.3. The van der Waals surface area contributed by atoms with Crippen LogP contribution in [0.1, 0.15) is 168 Å². The van der Waals surface area contributed by atoms with E-state index in [0.29, 0.717) is 19.3 Å². The standard InChI is InChI=1S/C51H85NO7/c1-6-8-10-12-14-16-18-20-21-22-23-24-25-26-27-28-29-30-32-34-36-38-40-42-50(54)59-47(45-57-44-43-48(51(55)56)52(3,4)5)46-58-49(53)41-39-37-35-33-31-19-17-15-13-11-9-7-2/h8-11,14-17,20-21,23-24,26-27,47-48H,6-7,12-13,18-19,22,25,28-46H2,1-5H3/p+1/b10-8+,11-9+,16-14+,17-15+,21-20+,24-23+,27-26+. The van der Waals surface area contributed by atoms with Crippen LogP contribution in [0.4, 0.5) is 0 Å². The third-order valence-corrected chi connectivity index (χ3v) is 9.79. The largest absolute Gasteiger partial charge is 0.477 e. The number of ether oxygens (including phenoxy) is 3. The molecular weight excluding hydrogens is 739 g/mol. The molecule has 0 rings (SSSR count). The van der Waals surface area contributed by atoms with Crippen molar-refractivity contribution in [3.05, 3.63) is 85.1 Å². The Morgan fingerprint density at radius 1 is 0.508 bits per heavy atom. The normalized spacial score (nSPS) is 13.7. The number of carbonyl (C=O) groups excluding carboxylic acids is 2. The van der Waals surface area contributed by atoms with Gasteiger partial charge in [0.1, 0.15) is 6.61 Å². The monoisotopic (exact) mass is 825 g/mol. The van der Waals surface area contributed by atoms with Crippen molar-refractivity contribution in [3.8, 4) is 0 Å². The summed E-state index contributed by atoms with van der Waals surface area (Å²) in [4.78, 5) is 37.0. The third-order valence-electron chi connectivity index (χ3n) is 9.79. The molecular formula is C51H86NO7+. The van der Waals surface area contributed by atoms with Crippen LogP contribution in [-0.4, -0.2) is 80.6 Å². The van der Waals surface area contributed by atoms with Crippen LogP contribution >= 0.6 is 0 Å². The predicted octanol–water partition coefficient (Wildman–Crippen LogP) is 12.9. The molecule has 0 aliphatic carbocycles. The summed E-state index contributed by atoms with van der Waals surface area (Å²) in [5, 5.41) is 9.63. The topological polar surface area (TPSA) is 99.1 Å². The first-order chi connectivity index (χ1) is 28.6. The van der Waals surface area contributed by atoms with Crippen molar-refractivity contribution in [1.29, 1.82) is 0 Å². The number of hydrogen-bond acceptors (Lipinski definition) is 6. The fourth-order valence-electron chi connectivity index (χ4n) is 6.27. The number of carbonyl (C=O) groups is 3. The number of carboxylic acids is 1. The number of hydrogen-bond donors (Lipinski definition) is 1. The SMILES string of the molecule is CC/C=C/C/C=C/C/C=C/C/C=C/C/C=C/CCCCCCCCCC(=O)OC(COCCC(C(=O)O)[N+](C)(C)C)COC(=O)CCCCCCC/C=C/C/C=C/CC. The van der Waals surface area contributed by atoms with Gasteiger partial charge in [-0.05, 0) is 83.5 Å². The van der Waals surface area contributed by atoms with Gasteiger partial charge in [-0.3, -0.25) is 9.59 Å². The van der Waals surface area contributed by atoms with Gasteiger partial charge >= 0.3 is 17.9 Å². The Morgan fingerprint density at radius 2 is 0.898 bits per heavy atom. The maximum atomic E-state index is 12.8. The summed E-state index contributed by atoms with van der Waals surface area (Å²) in [5.41, 5.74) is 0. The minimum Gasteiger partial charge on any atom is -0.477 e. The quantitative estimate of drug-likeness (QED) is 0.0284. The van der Waals surface area contributed by atoms with E-state index in [-0.39, 0.29) is 36.2 Å². The second-order valence-corrected chi connectivity index (χ2v) is 16.2. The molecule has 0 aromatic heterocycles. The molecule has 336 valence electrons. The van der Waals surface area contributed by atoms with E-state index in [4.69, 9.17) is 14.2 Å². The maximum absolute atomic E-state index is 12.8. The minimum atomic E-state index is -0.883. The highest BCUT2D eigenvalue weighted by molar-refractivity contribution is 5.72. The number of unbranched alkanes of at least 4 members (excludes halogenated alkanes) is 12. The molecule has 0 saturated carbocycles. The Labute approximate surface area is 361 Å². The van der Waals surface area contributed by atoms with E-state index < -0.39 is 18.1 Å². The van der Waals surface area contributed by atoms with Crippen LogP contribution in [0, 0.1) is 0 Å². The van der Waals surface area contributed by atoms with Crippen LogP contribution in [0.5, 0.6) is 0 Å². The van der Waals surface area contributed by atoms with E-state index >= 15 is 0 Å². The van der Waals surface area contributed by atoms with Gasteiger partial charge in [0.05, 0.1) is 34.4 Å². The molecule has 0 heterocycles. The van der Waals surface area contributed by atoms with Crippen molar-refractivity contribution in [3.63, 3.8) is 0 Å². The van der Waals surface area contributed by atoms with Gasteiger partial charge in [0, 0.05) is 19.3 Å². The Hall–Kier alpha value is -3.49. The highest BCUT2D eigenvalue weighted by Crippen LogP contribution is 2.13. The summed E-state index contributed by atoms with van der Waals surface area (Å²) in [5.74, 6) is -1.51. The highest BCUT2D eigenvalue weighted by Gasteiger charge is 2.31. The number of carboxylic acid groups (broad SMARTS) is 1. The van der Waals surface area contributed by atoms with Crippen molar-refractivity contribution in [2.45, 2.75) is 180 Å². The average Bonchev–Trinajstić information content (AvgIpc) is 3.19. The first-order valence-corrected chi connectivity index (χ1v) is 23.1. The molecule has 0 aliphatic rings. The van der Waals surface area contributed by atoms with Gasteiger partial charge in [0.15, 0.2) is 12.1 Å². The maximum Gasteiger partial charge on any atom is 0.362 e. The zero-order valence-corrected chi connectivity index (χ0v) is 38.2. The lowest BCUT2D eigenvalue weighted by Gasteiger charge is -2.31. The summed E-state index contributed by atoms with van der Waals surface area (Å²) in [6.07, 6.45) is 53.4. The van der Waals surface area contributed by atoms with Gasteiger partial charge in [-0.2, -0.15) is 0 Å². The molecule has 8 heteroatoms. The van der Waals surface area contributed by atoms with Gasteiger partial charge < -0.3 is 23.8 Å². The Balaban J connectivity index is 4.32. The van der Waals surface area contributed by atoms with Gasteiger partial charge in [0.2, 0.25) is 0 Å². The molecule has 0 spiro atoms. The highest BCUT2D eigenvalue weighted by atomic mass is 16.6. The summed E-state index contributed by atoms with van der Waals surface area (Å²) >= 11 is 0. The summed E-state index contributed by atoms with van der Waals surface area (Å²) in [6, 6.07) is -0.623. The van der Waals surface area contributed by atoms with Crippen LogP contribution < -0.4 is 0 Å². The van der Waals surface area contributed by atoms with Gasteiger partial charge in [-0.25, -0.2) is 4.79 Å². The number of esters is 2. The molecule has 8 nitrogen and oxygen atoms in total. The van der Waals surface area contributed by atoms with E-state index in [1.807, 2.05) is 21.1 Å². The first-order valence-electron chi connectivity index (χ1n) is 23.1. The molecule has 0 saturated heterocycles. The van der Waals surface area contributed by atoms with E-state index in [0.717, 1.165) is 116 Å². The number of likely N-dealkylation sites (N-methyl/N-ethyl adjacent to an activating group) is 1. The Bertz CT molecular complexity index is 1240. The fourth-order valence-corrected chi connectivity index (χ4v) is 6.27. The van der Waals surface area contributed by atoms with Crippen molar-refractivity contribution in [1.82, 2.24) is 0 Å². The number of aliphatic carboxylic acids is 1. The van der Waals surface area contributed by atoms with Crippen molar-refractivity contribution in [2.75, 3.05) is 41.0 Å². The molecule has 0 aliphatic heterocycles. The third kappa shape index (κ3) is 39.7. The summed E-state index contributed by atoms with van der Waals surface area (Å²) in [6.45, 7) is 4.47. The van der Waals surface area contributed by atoms with Crippen LogP contribution in [0.2, 0.25) is 0 Å². The van der Waals surface area contributed by atoms with Gasteiger partial charge in [0.25, 0.3) is 0 Å². The number of rotatable bonds is 40. The Morgan fingerprint density at radius 3 is 1.32 bits per heavy atom. The lowest BCUT2D eigenvalue weighted by Crippen LogP contribution is -2.50. The van der Waals surface area contributed by atoms with E-state index in [2.05, 4.69) is 98.9 Å². The van der Waals surface area contributed by atoms with E-state index in [9.17, 15) is 19.5 Å².